The van der Waals surface area contributed by atoms with Crippen molar-refractivity contribution < 1.29 is 22.3 Å². The minimum Gasteiger partial charge on any atom is -0.463 e. The Morgan fingerprint density at radius 3 is 2.88 bits per heavy atom. The molecule has 0 bridgehead atoms. The van der Waals surface area contributed by atoms with Gasteiger partial charge in [-0.15, -0.1) is 11.3 Å². The van der Waals surface area contributed by atoms with Gasteiger partial charge >= 0.3 is 0 Å². The van der Waals surface area contributed by atoms with E-state index in [9.17, 15) is 12.8 Å². The van der Waals surface area contributed by atoms with Crippen molar-refractivity contribution in [2.24, 2.45) is 4.99 Å². The van der Waals surface area contributed by atoms with Gasteiger partial charge in [-0.3, -0.25) is 14.2 Å². The van der Waals surface area contributed by atoms with Crippen LogP contribution in [0.4, 0.5) is 10.1 Å². The molecule has 5 rings (SSSR count). The van der Waals surface area contributed by atoms with Crippen LogP contribution in [0.5, 0.6) is 5.75 Å². The number of aliphatic imine (C=N–C) groups is 1. The standard InChI is InChI=1S/C22H25FN4O4S3/c1-26(34(28,29)20-3-2-8-32-20)19-11-16(31-14-23)9-15-10-18(25-21(15)19)22-24-12-17(33-22)13-27-4-6-30-7-5-27/h2-3,8-11,17,25H,4-7,12-14H2,1H3. The molecule has 1 unspecified atom stereocenters. The quantitative estimate of drug-likeness (QED) is 0.485. The largest absolute Gasteiger partial charge is 0.463 e. The predicted octanol–water partition coefficient (Wildman–Crippen LogP) is 3.55. The number of halogens is 1. The first kappa shape index (κ1) is 23.6. The number of sulfonamides is 1. The Morgan fingerprint density at radius 1 is 1.32 bits per heavy atom. The lowest BCUT2D eigenvalue weighted by Crippen LogP contribution is -2.40. The normalized spacial score (nSPS) is 19.5. The first-order chi connectivity index (χ1) is 16.5. The minimum absolute atomic E-state index is 0.230. The predicted molar refractivity (Wildman–Crippen MR) is 135 cm³/mol. The second kappa shape index (κ2) is 9.86. The van der Waals surface area contributed by atoms with Crippen molar-refractivity contribution in [3.05, 3.63) is 41.4 Å². The number of thioether (sulfide) groups is 1. The van der Waals surface area contributed by atoms with Crippen molar-refractivity contribution in [3.8, 4) is 5.75 Å². The van der Waals surface area contributed by atoms with Crippen molar-refractivity contribution in [3.63, 3.8) is 0 Å². The van der Waals surface area contributed by atoms with Gasteiger partial charge in [-0.05, 0) is 23.6 Å². The van der Waals surface area contributed by atoms with E-state index in [-0.39, 0.29) is 9.96 Å². The number of aromatic amines is 1. The van der Waals surface area contributed by atoms with E-state index >= 15 is 0 Å². The van der Waals surface area contributed by atoms with E-state index in [1.165, 1.54) is 17.4 Å². The zero-order valence-corrected chi connectivity index (χ0v) is 21.0. The Kier molecular flexibility index (Phi) is 6.85. The summed E-state index contributed by atoms with van der Waals surface area (Å²) in [5, 5.41) is 3.68. The molecule has 1 atom stereocenters. The van der Waals surface area contributed by atoms with Crippen LogP contribution in [0.3, 0.4) is 0 Å². The summed E-state index contributed by atoms with van der Waals surface area (Å²) in [6.07, 6.45) is 0. The molecule has 1 N–H and O–H groups in total. The number of nitrogens with zero attached hydrogens (tertiary/aromatic N) is 3. The van der Waals surface area contributed by atoms with Gasteiger partial charge in [0.1, 0.15) is 15.0 Å². The number of anilines is 1. The molecule has 0 spiro atoms. The average Bonchev–Trinajstić information content (AvgIpc) is 3.59. The maximum absolute atomic E-state index is 13.2. The second-order valence-electron chi connectivity index (χ2n) is 8.05. The lowest BCUT2D eigenvalue weighted by Gasteiger charge is -2.28. The number of hydrogen-bond donors (Lipinski definition) is 1. The number of thiophene rings is 1. The van der Waals surface area contributed by atoms with E-state index in [4.69, 9.17) is 14.5 Å². The van der Waals surface area contributed by atoms with Gasteiger partial charge in [0.15, 0.2) is 0 Å². The molecule has 4 heterocycles. The topological polar surface area (TPSA) is 87.2 Å². The number of ether oxygens (including phenoxy) is 2. The van der Waals surface area contributed by atoms with Gasteiger partial charge in [-0.25, -0.2) is 12.8 Å². The summed E-state index contributed by atoms with van der Waals surface area (Å²) >= 11 is 2.87. The van der Waals surface area contributed by atoms with Gasteiger partial charge in [0, 0.05) is 43.4 Å². The lowest BCUT2D eigenvalue weighted by atomic mass is 10.2. The second-order valence-corrected chi connectivity index (χ2v) is 12.5. The maximum atomic E-state index is 13.2. The highest BCUT2D eigenvalue weighted by Gasteiger charge is 2.28. The summed E-state index contributed by atoms with van der Waals surface area (Å²) in [7, 11) is -2.29. The zero-order valence-electron chi connectivity index (χ0n) is 18.6. The Bertz CT molecular complexity index is 1290. The number of hydrogen-bond acceptors (Lipinski definition) is 8. The minimum atomic E-state index is -3.78. The lowest BCUT2D eigenvalue weighted by molar-refractivity contribution is 0.0385. The molecule has 3 aromatic rings. The van der Waals surface area contributed by atoms with Gasteiger partial charge < -0.3 is 14.5 Å². The van der Waals surface area contributed by atoms with Gasteiger partial charge in [-0.2, -0.15) is 0 Å². The van der Waals surface area contributed by atoms with Crippen molar-refractivity contribution in [2.45, 2.75) is 9.46 Å². The smallest absolute Gasteiger partial charge is 0.273 e. The highest BCUT2D eigenvalue weighted by Crippen LogP contribution is 2.37. The summed E-state index contributed by atoms with van der Waals surface area (Å²) in [5.74, 6) is 0.259. The molecule has 0 saturated carbocycles. The molecule has 0 aliphatic carbocycles. The third kappa shape index (κ3) is 4.69. The Morgan fingerprint density at radius 2 is 2.15 bits per heavy atom. The number of morpholine rings is 1. The van der Waals surface area contributed by atoms with Crippen LogP contribution in [0.25, 0.3) is 10.9 Å². The fourth-order valence-electron chi connectivity index (χ4n) is 4.12. The van der Waals surface area contributed by atoms with Crippen LogP contribution in [-0.2, 0) is 14.8 Å². The highest BCUT2D eigenvalue weighted by atomic mass is 32.2. The van der Waals surface area contributed by atoms with Crippen LogP contribution in [-0.4, -0.2) is 81.9 Å². The molecule has 0 amide bonds. The first-order valence-electron chi connectivity index (χ1n) is 10.9. The number of benzene rings is 1. The Labute approximate surface area is 205 Å². The van der Waals surface area contributed by atoms with E-state index in [1.807, 2.05) is 6.07 Å². The van der Waals surface area contributed by atoms with E-state index in [1.54, 1.807) is 35.3 Å². The van der Waals surface area contributed by atoms with E-state index in [2.05, 4.69) is 9.88 Å². The van der Waals surface area contributed by atoms with Gasteiger partial charge in [0.25, 0.3) is 10.0 Å². The molecule has 182 valence electrons. The molecule has 1 aromatic carbocycles. The number of fused-ring (bicyclic) bond motifs is 1. The summed E-state index contributed by atoms with van der Waals surface area (Å²) in [6.45, 7) is 4.07. The summed E-state index contributed by atoms with van der Waals surface area (Å²) in [4.78, 5) is 10.5. The molecular weight excluding hydrogens is 499 g/mol. The van der Waals surface area contributed by atoms with Crippen LogP contribution in [0.2, 0.25) is 0 Å². The molecule has 8 nitrogen and oxygen atoms in total. The number of rotatable bonds is 8. The molecule has 12 heteroatoms. The van der Waals surface area contributed by atoms with Crippen molar-refractivity contribution >= 4 is 54.8 Å². The summed E-state index contributed by atoms with van der Waals surface area (Å²) in [6, 6.07) is 8.42. The van der Waals surface area contributed by atoms with Crippen LogP contribution in [0.15, 0.2) is 44.9 Å². The Hall–Kier alpha value is -2.12. The van der Waals surface area contributed by atoms with Gasteiger partial charge in [0.2, 0.25) is 6.86 Å². The van der Waals surface area contributed by atoms with Gasteiger partial charge in [-0.1, -0.05) is 17.8 Å². The highest BCUT2D eigenvalue weighted by molar-refractivity contribution is 8.15. The summed E-state index contributed by atoms with van der Waals surface area (Å²) < 4.78 is 51.3. The van der Waals surface area contributed by atoms with Crippen molar-refractivity contribution in [1.29, 1.82) is 0 Å². The van der Waals surface area contributed by atoms with Crippen molar-refractivity contribution in [2.75, 3.05) is 57.6 Å². The van der Waals surface area contributed by atoms with Crippen LogP contribution in [0, 0.1) is 0 Å². The average molecular weight is 525 g/mol. The maximum Gasteiger partial charge on any atom is 0.273 e. The summed E-state index contributed by atoms with van der Waals surface area (Å²) in [5.41, 5.74) is 1.82. The van der Waals surface area contributed by atoms with Gasteiger partial charge in [0.05, 0.1) is 36.7 Å². The van der Waals surface area contributed by atoms with E-state index < -0.39 is 16.9 Å². The Balaban J connectivity index is 1.44. The molecule has 0 radical (unpaired) electrons. The van der Waals surface area contributed by atoms with Crippen molar-refractivity contribution in [1.82, 2.24) is 9.88 Å². The van der Waals surface area contributed by atoms with E-state index in [0.29, 0.717) is 16.5 Å². The SMILES string of the molecule is CN(c1cc(OCF)cc2cc(C3=NCC(CN4CCOCC4)S3)[nH]c12)S(=O)(=O)c1cccs1. The first-order valence-corrected chi connectivity index (χ1v) is 14.0. The fourth-order valence-corrected chi connectivity index (χ4v) is 7.61. The van der Waals surface area contributed by atoms with E-state index in [0.717, 1.165) is 66.9 Å². The number of nitrogens with one attached hydrogen (secondary N) is 1. The molecule has 2 aromatic heterocycles. The number of aromatic nitrogens is 1. The molecule has 2 aliphatic heterocycles. The molecular formula is C22H25FN4O4S3. The van der Waals surface area contributed by atoms with Crippen LogP contribution < -0.4 is 9.04 Å². The molecule has 1 saturated heterocycles. The zero-order chi connectivity index (χ0) is 23.7. The third-order valence-corrected chi connectivity index (χ3v) is 10.2. The van der Waals surface area contributed by atoms with Crippen LogP contribution >= 0.6 is 23.1 Å². The molecule has 34 heavy (non-hydrogen) atoms. The van der Waals surface area contributed by atoms with Crippen LogP contribution in [0.1, 0.15) is 5.69 Å². The monoisotopic (exact) mass is 524 g/mol. The number of H-pyrrole nitrogens is 1. The third-order valence-electron chi connectivity index (χ3n) is 5.86. The number of alkyl halides is 1. The molecule has 1 fully saturated rings. The molecule has 2 aliphatic rings. The fraction of sp³-hybridized carbons (Fsp3) is 0.409.